The maximum Gasteiger partial charge on any atom is 0.174 e. The summed E-state index contributed by atoms with van der Waals surface area (Å²) in [6, 6.07) is 0. The minimum absolute atomic E-state index is 0.0147. The van der Waals surface area contributed by atoms with Gasteiger partial charge in [-0.15, -0.1) is 11.6 Å². The lowest BCUT2D eigenvalue weighted by molar-refractivity contribution is -0.116. The van der Waals surface area contributed by atoms with Gasteiger partial charge in [-0.2, -0.15) is 0 Å². The average molecular weight is 278 g/mol. The first kappa shape index (κ1) is 9.92. The standard InChI is InChI=1S/C5H7Br2ClO/c1-2-3(6)4(9)5(7)8/h3,5H,2H2,1H3. The monoisotopic (exact) mass is 276 g/mol. The molecular weight excluding hydrogens is 271 g/mol. The Balaban J connectivity index is 3.73. The quantitative estimate of drug-likeness (QED) is 0.725. The molecule has 1 nitrogen and oxygen atoms in total. The van der Waals surface area contributed by atoms with E-state index >= 15 is 0 Å². The number of alkyl halides is 3. The molecule has 0 aliphatic rings. The number of carbonyl (C=O) groups is 1. The van der Waals surface area contributed by atoms with Crippen molar-refractivity contribution >= 4 is 49.2 Å². The Hall–Kier alpha value is 0.920. The van der Waals surface area contributed by atoms with Gasteiger partial charge in [-0.3, -0.25) is 4.79 Å². The molecule has 0 radical (unpaired) electrons. The Morgan fingerprint density at radius 2 is 2.11 bits per heavy atom. The molecule has 0 rings (SSSR count). The molecule has 54 valence electrons. The van der Waals surface area contributed by atoms with Gasteiger partial charge < -0.3 is 0 Å². The number of rotatable bonds is 3. The topological polar surface area (TPSA) is 17.1 Å². The third-order valence-corrected chi connectivity index (χ3v) is 2.65. The van der Waals surface area contributed by atoms with Gasteiger partial charge in [-0.05, 0) is 6.42 Å². The second kappa shape index (κ2) is 4.69. The molecule has 0 amide bonds. The van der Waals surface area contributed by atoms with E-state index in [0.717, 1.165) is 6.42 Å². The minimum Gasteiger partial charge on any atom is -0.296 e. The maximum absolute atomic E-state index is 10.8. The fourth-order valence-electron chi connectivity index (χ4n) is 0.338. The third-order valence-electron chi connectivity index (χ3n) is 0.882. The Bertz CT molecular complexity index is 105. The number of halogens is 3. The van der Waals surface area contributed by atoms with Gasteiger partial charge in [0.2, 0.25) is 0 Å². The van der Waals surface area contributed by atoms with Crippen LogP contribution in [0.5, 0.6) is 0 Å². The summed E-state index contributed by atoms with van der Waals surface area (Å²) < 4.78 is -0.554. The van der Waals surface area contributed by atoms with Crippen molar-refractivity contribution < 1.29 is 4.79 Å². The third kappa shape index (κ3) is 3.58. The summed E-state index contributed by atoms with van der Waals surface area (Å²) in [7, 11) is 0. The van der Waals surface area contributed by atoms with Crippen molar-refractivity contribution in [1.82, 2.24) is 0 Å². The first-order chi connectivity index (χ1) is 4.09. The van der Waals surface area contributed by atoms with E-state index in [1.165, 1.54) is 0 Å². The van der Waals surface area contributed by atoms with Crippen molar-refractivity contribution in [1.29, 1.82) is 0 Å². The van der Waals surface area contributed by atoms with E-state index in [2.05, 4.69) is 31.9 Å². The van der Waals surface area contributed by atoms with Crippen molar-refractivity contribution in [2.45, 2.75) is 22.5 Å². The zero-order valence-corrected chi connectivity index (χ0v) is 8.83. The van der Waals surface area contributed by atoms with Crippen molar-refractivity contribution in [2.75, 3.05) is 0 Å². The molecule has 0 N–H and O–H groups in total. The summed E-state index contributed by atoms with van der Waals surface area (Å²) in [4.78, 5) is 10.7. The molecule has 4 heteroatoms. The number of hydrogen-bond donors (Lipinski definition) is 0. The van der Waals surface area contributed by atoms with Gasteiger partial charge in [-0.25, -0.2) is 0 Å². The van der Waals surface area contributed by atoms with Crippen molar-refractivity contribution in [3.63, 3.8) is 0 Å². The zero-order valence-electron chi connectivity index (χ0n) is 4.90. The minimum atomic E-state index is -0.554. The lowest BCUT2D eigenvalue weighted by Gasteiger charge is -2.04. The first-order valence-corrected chi connectivity index (χ1v) is 4.82. The van der Waals surface area contributed by atoms with Gasteiger partial charge in [0, 0.05) is 0 Å². The van der Waals surface area contributed by atoms with E-state index in [4.69, 9.17) is 11.6 Å². The summed E-state index contributed by atoms with van der Waals surface area (Å²) in [5, 5.41) is 0. The number of carbonyl (C=O) groups excluding carboxylic acids is 1. The molecule has 2 atom stereocenters. The Morgan fingerprint density at radius 3 is 2.22 bits per heavy atom. The van der Waals surface area contributed by atoms with E-state index in [-0.39, 0.29) is 10.6 Å². The summed E-state index contributed by atoms with van der Waals surface area (Å²) in [5.41, 5.74) is 0. The van der Waals surface area contributed by atoms with Crippen LogP contribution in [0.1, 0.15) is 13.3 Å². The highest BCUT2D eigenvalue weighted by molar-refractivity contribution is 9.11. The molecule has 0 heterocycles. The molecule has 0 saturated carbocycles. The van der Waals surface area contributed by atoms with Crippen LogP contribution in [-0.2, 0) is 4.79 Å². The van der Waals surface area contributed by atoms with Crippen LogP contribution in [0, 0.1) is 0 Å². The molecule has 0 spiro atoms. The van der Waals surface area contributed by atoms with E-state index in [9.17, 15) is 4.79 Å². The van der Waals surface area contributed by atoms with Gasteiger partial charge in [-0.1, -0.05) is 38.8 Å². The lowest BCUT2D eigenvalue weighted by Crippen LogP contribution is -2.18. The van der Waals surface area contributed by atoms with Gasteiger partial charge >= 0.3 is 0 Å². The highest BCUT2D eigenvalue weighted by Gasteiger charge is 2.18. The second-order valence-electron chi connectivity index (χ2n) is 1.58. The van der Waals surface area contributed by atoms with Crippen LogP contribution in [0.4, 0.5) is 0 Å². The molecule has 0 aromatic carbocycles. The smallest absolute Gasteiger partial charge is 0.174 e. The SMILES string of the molecule is CCC(Br)C(=O)C(Cl)Br. The van der Waals surface area contributed by atoms with Crippen LogP contribution in [0.3, 0.4) is 0 Å². The lowest BCUT2D eigenvalue weighted by atomic mass is 10.2. The van der Waals surface area contributed by atoms with E-state index in [1.54, 1.807) is 0 Å². The molecule has 0 fully saturated rings. The molecule has 0 bridgehead atoms. The van der Waals surface area contributed by atoms with E-state index < -0.39 is 4.29 Å². The molecule has 0 saturated heterocycles. The molecule has 0 aliphatic carbocycles. The Labute approximate surface area is 76.4 Å². The molecule has 0 aromatic heterocycles. The van der Waals surface area contributed by atoms with Crippen LogP contribution in [-0.4, -0.2) is 14.9 Å². The molecule has 0 aromatic rings. The van der Waals surface area contributed by atoms with Gasteiger partial charge in [0.15, 0.2) is 5.78 Å². The van der Waals surface area contributed by atoms with Crippen LogP contribution >= 0.6 is 43.5 Å². The second-order valence-corrected chi connectivity index (χ2v) is 4.56. The molecule has 2 unspecified atom stereocenters. The Kier molecular flexibility index (Phi) is 5.17. The van der Waals surface area contributed by atoms with Crippen LogP contribution in [0.15, 0.2) is 0 Å². The zero-order chi connectivity index (χ0) is 7.44. The summed E-state index contributed by atoms with van der Waals surface area (Å²) in [5.74, 6) is -0.0147. The fourth-order valence-corrected chi connectivity index (χ4v) is 1.58. The van der Waals surface area contributed by atoms with Crippen molar-refractivity contribution in [2.24, 2.45) is 0 Å². The van der Waals surface area contributed by atoms with Gasteiger partial charge in [0.1, 0.15) is 4.29 Å². The molecular formula is C5H7Br2ClO. The summed E-state index contributed by atoms with van der Waals surface area (Å²) in [6.45, 7) is 1.92. The predicted octanol–water partition coefficient (Wildman–Crippen LogP) is 2.69. The van der Waals surface area contributed by atoms with E-state index in [1.807, 2.05) is 6.92 Å². The summed E-state index contributed by atoms with van der Waals surface area (Å²) in [6.07, 6.45) is 0.771. The van der Waals surface area contributed by atoms with Gasteiger partial charge in [0.05, 0.1) is 4.83 Å². The molecule has 0 aliphatic heterocycles. The summed E-state index contributed by atoms with van der Waals surface area (Å²) >= 11 is 11.6. The number of hydrogen-bond acceptors (Lipinski definition) is 1. The van der Waals surface area contributed by atoms with Crippen LogP contribution < -0.4 is 0 Å². The van der Waals surface area contributed by atoms with Gasteiger partial charge in [0.25, 0.3) is 0 Å². The Morgan fingerprint density at radius 1 is 1.67 bits per heavy atom. The fraction of sp³-hybridized carbons (Fsp3) is 0.800. The normalized spacial score (nSPS) is 16.9. The average Bonchev–Trinajstić information content (AvgIpc) is 1.84. The molecule has 9 heavy (non-hydrogen) atoms. The number of ketones is 1. The van der Waals surface area contributed by atoms with Crippen molar-refractivity contribution in [3.05, 3.63) is 0 Å². The predicted molar refractivity (Wildman–Crippen MR) is 46.6 cm³/mol. The maximum atomic E-state index is 10.8. The number of Topliss-reactive ketones (excluding diaryl/α,β-unsaturated/α-hetero) is 1. The van der Waals surface area contributed by atoms with E-state index in [0.29, 0.717) is 0 Å². The largest absolute Gasteiger partial charge is 0.296 e. The van der Waals surface area contributed by atoms with Crippen LogP contribution in [0.25, 0.3) is 0 Å². The highest BCUT2D eigenvalue weighted by Crippen LogP contribution is 2.15. The van der Waals surface area contributed by atoms with Crippen LogP contribution in [0.2, 0.25) is 0 Å². The van der Waals surface area contributed by atoms with Crippen molar-refractivity contribution in [3.8, 4) is 0 Å². The highest BCUT2D eigenvalue weighted by atomic mass is 79.9. The first-order valence-electron chi connectivity index (χ1n) is 2.55.